The summed E-state index contributed by atoms with van der Waals surface area (Å²) in [5, 5.41) is 0. The molecule has 0 aliphatic rings. The van der Waals surface area contributed by atoms with E-state index >= 15 is 0 Å². The van der Waals surface area contributed by atoms with Crippen LogP contribution in [0, 0.1) is 0 Å². The van der Waals surface area contributed by atoms with Crippen molar-refractivity contribution in [2.24, 2.45) is 0 Å². The van der Waals surface area contributed by atoms with Crippen LogP contribution in [0.1, 0.15) is 193 Å². The molecule has 0 heterocycles. The fraction of sp³-hybridized carbons (Fsp3) is 0.755. The molecule has 0 aliphatic carbocycles. The molecule has 0 N–H and O–H groups in total. The van der Waals surface area contributed by atoms with Crippen molar-refractivity contribution in [1.82, 2.24) is 0 Å². The van der Waals surface area contributed by atoms with E-state index in [-0.39, 0.29) is 0 Å². The lowest BCUT2D eigenvalue weighted by Gasteiger charge is -2.28. The third-order valence-electron chi connectivity index (χ3n) is 11.4. The highest BCUT2D eigenvalue weighted by atomic mass is 16.5. The average Bonchev–Trinajstić information content (AvgIpc) is 3.21. The van der Waals surface area contributed by atoms with Gasteiger partial charge in [-0.25, -0.2) is 0 Å². The van der Waals surface area contributed by atoms with Gasteiger partial charge in [0.1, 0.15) is 23.0 Å². The highest BCUT2D eigenvalue weighted by Crippen LogP contribution is 2.42. The van der Waals surface area contributed by atoms with Crippen molar-refractivity contribution in [1.29, 1.82) is 0 Å². The Morgan fingerprint density at radius 2 is 0.545 bits per heavy atom. The van der Waals surface area contributed by atoms with Crippen LogP contribution in [-0.2, 0) is 6.42 Å². The molecular weight excluding hydrogens is 681 g/mol. The van der Waals surface area contributed by atoms with Crippen LogP contribution in [0.5, 0.6) is 23.0 Å². The quantitative estimate of drug-likeness (QED) is 0.0644. The second-order valence-corrected chi connectivity index (χ2v) is 15.9. The zero-order valence-corrected chi connectivity index (χ0v) is 37.3. The molecule has 2 aromatic carbocycles. The highest BCUT2D eigenvalue weighted by molar-refractivity contribution is 5.65. The molecule has 2 rings (SSSR count). The molecule has 0 radical (unpaired) electrons. The number of anilines is 2. The first-order valence-corrected chi connectivity index (χ1v) is 23.0. The van der Waals surface area contributed by atoms with E-state index in [1.165, 1.54) is 165 Å². The van der Waals surface area contributed by atoms with E-state index in [0.29, 0.717) is 6.42 Å². The molecule has 2 aromatic rings. The number of hydrogen-bond donors (Lipinski definition) is 0. The fourth-order valence-corrected chi connectivity index (χ4v) is 7.90. The summed E-state index contributed by atoms with van der Waals surface area (Å²) in [6.07, 6.45) is 31.7. The molecule has 6 nitrogen and oxygen atoms in total. The molecule has 0 fully saturated rings. The lowest BCUT2D eigenvalue weighted by atomic mass is 9.99. The molecule has 0 unspecified atom stereocenters. The number of benzene rings is 2. The summed E-state index contributed by atoms with van der Waals surface area (Å²) in [6, 6.07) is 8.95. The van der Waals surface area contributed by atoms with Crippen LogP contribution in [-0.4, -0.2) is 54.6 Å². The maximum atomic E-state index is 6.16. The monoisotopic (exact) mass is 767 g/mol. The smallest absolute Gasteiger partial charge is 0.128 e. The van der Waals surface area contributed by atoms with Crippen molar-refractivity contribution in [3.8, 4) is 23.0 Å². The molecule has 0 saturated carbocycles. The summed E-state index contributed by atoms with van der Waals surface area (Å²) >= 11 is 0. The number of hydrogen-bond acceptors (Lipinski definition) is 6. The van der Waals surface area contributed by atoms with Gasteiger partial charge in [0.15, 0.2) is 0 Å². The molecule has 0 atom stereocenters. The van der Waals surface area contributed by atoms with Gasteiger partial charge < -0.3 is 28.7 Å². The number of ether oxygens (including phenoxy) is 4. The predicted molar refractivity (Wildman–Crippen MR) is 240 cm³/mol. The number of rotatable bonds is 36. The Morgan fingerprint density at radius 3 is 0.764 bits per heavy atom. The molecule has 0 spiro atoms. The second-order valence-electron chi connectivity index (χ2n) is 15.9. The Labute approximate surface area is 340 Å². The highest BCUT2D eigenvalue weighted by Gasteiger charge is 2.22. The van der Waals surface area contributed by atoms with Crippen LogP contribution < -0.4 is 28.7 Å². The Hall–Kier alpha value is -2.76. The standard InChI is InChI=1S/C49H86N2O4/c1-9-13-17-21-25-29-33-50(34-30-26-22-18-14-10-2)42-37-46(52-5)44(47(38-42)53-6)41-45-48(54-7)39-43(40-49(45)55-8)51(35-31-27-23-19-15-11-3)36-32-28-24-20-16-12-4/h37-40H,9-36,41H2,1-8H3. The van der Waals surface area contributed by atoms with Crippen LogP contribution in [0.15, 0.2) is 24.3 Å². The van der Waals surface area contributed by atoms with Crippen molar-refractivity contribution in [2.75, 3.05) is 64.4 Å². The predicted octanol–water partition coefficient (Wildman–Crippen LogP) is 14.4. The van der Waals surface area contributed by atoms with E-state index in [2.05, 4.69) is 61.8 Å². The van der Waals surface area contributed by atoms with Gasteiger partial charge in [0.05, 0.1) is 28.4 Å². The molecule has 0 aromatic heterocycles. The SMILES string of the molecule is CCCCCCCCN(CCCCCCCC)c1cc(OC)c(Cc2c(OC)cc(N(CCCCCCCC)CCCCCCCC)cc2OC)c(OC)c1. The van der Waals surface area contributed by atoms with Crippen molar-refractivity contribution < 1.29 is 18.9 Å². The topological polar surface area (TPSA) is 43.4 Å². The summed E-state index contributed by atoms with van der Waals surface area (Å²) in [5.74, 6) is 3.41. The molecule has 55 heavy (non-hydrogen) atoms. The van der Waals surface area contributed by atoms with Crippen molar-refractivity contribution in [3.05, 3.63) is 35.4 Å². The normalized spacial score (nSPS) is 11.2. The average molecular weight is 767 g/mol. The van der Waals surface area contributed by atoms with Crippen LogP contribution in [0.4, 0.5) is 11.4 Å². The molecule has 6 heteroatoms. The number of nitrogens with zero attached hydrogens (tertiary/aromatic N) is 2. The molecule has 0 aliphatic heterocycles. The second kappa shape index (κ2) is 31.3. The van der Waals surface area contributed by atoms with Gasteiger partial charge >= 0.3 is 0 Å². The van der Waals surface area contributed by atoms with Crippen LogP contribution in [0.2, 0.25) is 0 Å². The summed E-state index contributed by atoms with van der Waals surface area (Å²) in [6.45, 7) is 13.4. The van der Waals surface area contributed by atoms with Gasteiger partial charge in [-0.1, -0.05) is 156 Å². The van der Waals surface area contributed by atoms with Crippen molar-refractivity contribution >= 4 is 11.4 Å². The molecular formula is C49H86N2O4. The fourth-order valence-electron chi connectivity index (χ4n) is 7.90. The van der Waals surface area contributed by atoms with E-state index in [9.17, 15) is 0 Å². The van der Waals surface area contributed by atoms with E-state index in [1.54, 1.807) is 28.4 Å². The van der Waals surface area contributed by atoms with Crippen molar-refractivity contribution in [3.63, 3.8) is 0 Å². The Bertz CT molecular complexity index is 1060. The molecule has 0 amide bonds. The van der Waals surface area contributed by atoms with Gasteiger partial charge in [-0.05, 0) is 25.7 Å². The van der Waals surface area contributed by atoms with Gasteiger partial charge in [-0.2, -0.15) is 0 Å². The van der Waals surface area contributed by atoms with E-state index in [1.807, 2.05) is 0 Å². The Kier molecular flexibility index (Phi) is 27.6. The molecule has 316 valence electrons. The van der Waals surface area contributed by atoms with E-state index < -0.39 is 0 Å². The third-order valence-corrected chi connectivity index (χ3v) is 11.4. The summed E-state index contributed by atoms with van der Waals surface area (Å²) < 4.78 is 24.6. The van der Waals surface area contributed by atoms with Gasteiger partial charge in [0.2, 0.25) is 0 Å². The van der Waals surface area contributed by atoms with E-state index in [0.717, 1.165) is 60.3 Å². The van der Waals surface area contributed by atoms with Crippen LogP contribution in [0.3, 0.4) is 0 Å². The minimum atomic E-state index is 0.586. The zero-order chi connectivity index (χ0) is 39.9. The van der Waals surface area contributed by atoms with Gasteiger partial charge in [-0.15, -0.1) is 0 Å². The van der Waals surface area contributed by atoms with Gasteiger partial charge in [0.25, 0.3) is 0 Å². The third kappa shape index (κ3) is 18.8. The first kappa shape index (κ1) is 48.4. The molecule has 0 saturated heterocycles. The van der Waals surface area contributed by atoms with Crippen LogP contribution in [0.25, 0.3) is 0 Å². The molecule has 0 bridgehead atoms. The number of unbranched alkanes of at least 4 members (excludes halogenated alkanes) is 20. The Morgan fingerprint density at radius 1 is 0.327 bits per heavy atom. The zero-order valence-electron chi connectivity index (χ0n) is 37.3. The Balaban J connectivity index is 2.39. The van der Waals surface area contributed by atoms with Crippen molar-refractivity contribution in [2.45, 2.75) is 188 Å². The lowest BCUT2D eigenvalue weighted by molar-refractivity contribution is 0.378. The van der Waals surface area contributed by atoms with Crippen LogP contribution >= 0.6 is 0 Å². The lowest BCUT2D eigenvalue weighted by Crippen LogP contribution is -2.26. The maximum absolute atomic E-state index is 6.16. The first-order chi connectivity index (χ1) is 27.0. The largest absolute Gasteiger partial charge is 0.496 e. The minimum Gasteiger partial charge on any atom is -0.496 e. The van der Waals surface area contributed by atoms with Gasteiger partial charge in [-0.3, -0.25) is 0 Å². The summed E-state index contributed by atoms with van der Waals surface area (Å²) in [5.41, 5.74) is 4.42. The number of methoxy groups -OCH3 is 4. The minimum absolute atomic E-state index is 0.586. The summed E-state index contributed by atoms with van der Waals surface area (Å²) in [4.78, 5) is 5.15. The summed E-state index contributed by atoms with van der Waals surface area (Å²) in [7, 11) is 7.14. The van der Waals surface area contributed by atoms with Gasteiger partial charge in [0, 0.05) is 79.4 Å². The first-order valence-electron chi connectivity index (χ1n) is 23.0. The van der Waals surface area contributed by atoms with E-state index in [4.69, 9.17) is 18.9 Å². The maximum Gasteiger partial charge on any atom is 0.128 e.